The first kappa shape index (κ1) is 21.1. The van der Waals surface area contributed by atoms with Gasteiger partial charge in [-0.05, 0) is 18.4 Å². The molecule has 7 nitrogen and oxygen atoms in total. The summed E-state index contributed by atoms with van der Waals surface area (Å²) < 4.78 is 7.97. The van der Waals surface area contributed by atoms with Gasteiger partial charge in [0, 0.05) is 17.3 Å². The van der Waals surface area contributed by atoms with Crippen molar-refractivity contribution in [1.82, 2.24) is 19.7 Å². The summed E-state index contributed by atoms with van der Waals surface area (Å²) in [4.78, 5) is 16.5. The van der Waals surface area contributed by atoms with E-state index in [4.69, 9.17) is 4.74 Å². The van der Waals surface area contributed by atoms with Crippen LogP contribution >= 0.6 is 23.1 Å². The quantitative estimate of drug-likeness (QED) is 0.294. The number of amides is 1. The van der Waals surface area contributed by atoms with E-state index < -0.39 is 0 Å². The first-order valence-electron chi connectivity index (χ1n) is 9.62. The van der Waals surface area contributed by atoms with Crippen molar-refractivity contribution in [3.05, 3.63) is 72.0 Å². The molecule has 0 atom stereocenters. The topological polar surface area (TPSA) is 81.9 Å². The van der Waals surface area contributed by atoms with Gasteiger partial charge in [0.25, 0.3) is 0 Å². The second kappa shape index (κ2) is 9.76. The summed E-state index contributed by atoms with van der Waals surface area (Å²) in [5.41, 5.74) is 0.884. The minimum absolute atomic E-state index is 0.138. The number of aromatic nitrogens is 4. The predicted octanol–water partition coefficient (Wildman–Crippen LogP) is 4.69. The summed E-state index contributed by atoms with van der Waals surface area (Å²) in [5.74, 6) is 1.53. The number of carbonyl (C=O) groups is 1. The van der Waals surface area contributed by atoms with E-state index in [1.807, 2.05) is 47.2 Å². The molecule has 2 aromatic heterocycles. The summed E-state index contributed by atoms with van der Waals surface area (Å²) in [6.45, 7) is 6.50. The van der Waals surface area contributed by atoms with Gasteiger partial charge >= 0.3 is 0 Å². The lowest BCUT2D eigenvalue weighted by molar-refractivity contribution is -0.113. The lowest BCUT2D eigenvalue weighted by atomic mass is 10.1. The van der Waals surface area contributed by atoms with Gasteiger partial charge in [-0.1, -0.05) is 54.2 Å². The monoisotopic (exact) mass is 451 g/mol. The Kier molecular flexibility index (Phi) is 6.63. The van der Waals surface area contributed by atoms with Crippen molar-refractivity contribution < 1.29 is 9.53 Å². The first-order chi connectivity index (χ1) is 15.1. The molecule has 0 radical (unpaired) electrons. The highest BCUT2D eigenvalue weighted by Crippen LogP contribution is 2.26. The molecule has 0 fully saturated rings. The molecule has 4 rings (SSSR count). The zero-order chi connectivity index (χ0) is 21.6. The molecule has 1 amide bonds. The Morgan fingerprint density at radius 2 is 2.10 bits per heavy atom. The predicted molar refractivity (Wildman–Crippen MR) is 125 cm³/mol. The van der Waals surface area contributed by atoms with Gasteiger partial charge in [0.2, 0.25) is 5.91 Å². The zero-order valence-corrected chi connectivity index (χ0v) is 18.6. The zero-order valence-electron chi connectivity index (χ0n) is 16.9. The SMILES string of the molecule is C=CCn1c(COc2cccc3ccccc23)nnc1SCC(=O)Nc1nc(C)cs1. The number of benzene rings is 2. The second-order valence-corrected chi connectivity index (χ2v) is 8.50. The van der Waals surface area contributed by atoms with Gasteiger partial charge in [-0.15, -0.1) is 28.1 Å². The van der Waals surface area contributed by atoms with Crippen molar-refractivity contribution in [2.45, 2.75) is 25.2 Å². The van der Waals surface area contributed by atoms with Crippen LogP contribution in [0.4, 0.5) is 5.13 Å². The number of hydrogen-bond donors (Lipinski definition) is 1. The summed E-state index contributed by atoms with van der Waals surface area (Å²) >= 11 is 2.72. The minimum atomic E-state index is -0.138. The third-order valence-corrected chi connectivity index (χ3v) is 6.25. The average Bonchev–Trinajstić information content (AvgIpc) is 3.36. The number of anilines is 1. The molecule has 1 N–H and O–H groups in total. The van der Waals surface area contributed by atoms with E-state index in [-0.39, 0.29) is 18.3 Å². The summed E-state index contributed by atoms with van der Waals surface area (Å²) in [7, 11) is 0. The highest BCUT2D eigenvalue weighted by atomic mass is 32.2. The summed E-state index contributed by atoms with van der Waals surface area (Å²) in [6.07, 6.45) is 1.77. The van der Waals surface area contributed by atoms with Gasteiger partial charge in [-0.25, -0.2) is 4.98 Å². The Labute approximate surface area is 188 Å². The number of allylic oxidation sites excluding steroid dienone is 1. The molecule has 0 aliphatic rings. The number of aryl methyl sites for hydroxylation is 1. The highest BCUT2D eigenvalue weighted by molar-refractivity contribution is 7.99. The van der Waals surface area contributed by atoms with Crippen LogP contribution in [0.1, 0.15) is 11.5 Å². The summed E-state index contributed by atoms with van der Waals surface area (Å²) in [6, 6.07) is 14.0. The Hall–Kier alpha value is -3.17. The molecule has 158 valence electrons. The maximum atomic E-state index is 12.2. The number of nitrogens with one attached hydrogen (secondary N) is 1. The molecule has 4 aromatic rings. The molecule has 0 bridgehead atoms. The average molecular weight is 452 g/mol. The van der Waals surface area contributed by atoms with Crippen molar-refractivity contribution in [3.8, 4) is 5.75 Å². The smallest absolute Gasteiger partial charge is 0.236 e. The molecule has 0 aliphatic carbocycles. The van der Waals surface area contributed by atoms with E-state index >= 15 is 0 Å². The molecule has 31 heavy (non-hydrogen) atoms. The molecule has 0 aliphatic heterocycles. The Morgan fingerprint density at radius 3 is 2.90 bits per heavy atom. The number of nitrogens with zero attached hydrogens (tertiary/aromatic N) is 4. The largest absolute Gasteiger partial charge is 0.485 e. The Balaban J connectivity index is 1.43. The first-order valence-corrected chi connectivity index (χ1v) is 11.5. The lowest BCUT2D eigenvalue weighted by Crippen LogP contribution is -2.15. The molecule has 0 spiro atoms. The van der Waals surface area contributed by atoms with Crippen molar-refractivity contribution in [2.24, 2.45) is 0 Å². The molecule has 2 aromatic carbocycles. The molecular weight excluding hydrogens is 430 g/mol. The second-order valence-electron chi connectivity index (χ2n) is 6.69. The van der Waals surface area contributed by atoms with Crippen molar-refractivity contribution in [1.29, 1.82) is 0 Å². The van der Waals surface area contributed by atoms with Gasteiger partial charge in [0.1, 0.15) is 12.4 Å². The highest BCUT2D eigenvalue weighted by Gasteiger charge is 2.15. The van der Waals surface area contributed by atoms with Gasteiger partial charge in [-0.3, -0.25) is 9.36 Å². The number of carbonyl (C=O) groups excluding carboxylic acids is 1. The third-order valence-electron chi connectivity index (χ3n) is 4.41. The molecular formula is C22H21N5O2S2. The number of fused-ring (bicyclic) bond motifs is 1. The van der Waals surface area contributed by atoms with Gasteiger partial charge in [-0.2, -0.15) is 0 Å². The van der Waals surface area contributed by atoms with Crippen LogP contribution in [0.15, 0.2) is 65.7 Å². The third kappa shape index (κ3) is 5.12. The van der Waals surface area contributed by atoms with Crippen LogP contribution in [0.5, 0.6) is 5.75 Å². The fourth-order valence-corrected chi connectivity index (χ4v) is 4.48. The van der Waals surface area contributed by atoms with E-state index in [1.165, 1.54) is 23.1 Å². The van der Waals surface area contributed by atoms with Crippen LogP contribution in [0, 0.1) is 6.92 Å². The lowest BCUT2D eigenvalue weighted by Gasteiger charge is -2.11. The van der Waals surface area contributed by atoms with Crippen LogP contribution < -0.4 is 10.1 Å². The van der Waals surface area contributed by atoms with Crippen LogP contribution in [-0.2, 0) is 17.9 Å². The normalized spacial score (nSPS) is 10.9. The molecule has 2 heterocycles. The molecule has 0 saturated carbocycles. The van der Waals surface area contributed by atoms with Crippen LogP contribution in [-0.4, -0.2) is 31.4 Å². The van der Waals surface area contributed by atoms with Crippen molar-refractivity contribution in [2.75, 3.05) is 11.1 Å². The van der Waals surface area contributed by atoms with Gasteiger partial charge in [0.15, 0.2) is 16.1 Å². The number of ether oxygens (including phenoxy) is 1. The number of hydrogen-bond acceptors (Lipinski definition) is 7. The van der Waals surface area contributed by atoms with Crippen molar-refractivity contribution in [3.63, 3.8) is 0 Å². The number of thioether (sulfide) groups is 1. The molecule has 0 unspecified atom stereocenters. The molecule has 9 heteroatoms. The standard InChI is InChI=1S/C22H21N5O2S2/c1-3-11-27-19(12-29-18-10-6-8-16-7-4-5-9-17(16)18)25-26-22(27)31-14-20(28)24-21-23-15(2)13-30-21/h3-10,13H,1,11-12,14H2,2H3,(H,23,24,28). The maximum absolute atomic E-state index is 12.2. The van der Waals surface area contributed by atoms with E-state index in [9.17, 15) is 4.79 Å². The Bertz CT molecular complexity index is 1210. The number of thiazole rings is 1. The minimum Gasteiger partial charge on any atom is -0.485 e. The van der Waals surface area contributed by atoms with E-state index in [0.717, 1.165) is 22.2 Å². The van der Waals surface area contributed by atoms with E-state index in [0.29, 0.717) is 22.7 Å². The van der Waals surface area contributed by atoms with Gasteiger partial charge < -0.3 is 10.1 Å². The van der Waals surface area contributed by atoms with Crippen LogP contribution in [0.3, 0.4) is 0 Å². The van der Waals surface area contributed by atoms with Gasteiger partial charge in [0.05, 0.1) is 11.4 Å². The fraction of sp³-hybridized carbons (Fsp3) is 0.182. The summed E-state index contributed by atoms with van der Waals surface area (Å²) in [5, 5.41) is 16.6. The Morgan fingerprint density at radius 1 is 1.26 bits per heavy atom. The van der Waals surface area contributed by atoms with Crippen molar-refractivity contribution >= 4 is 44.9 Å². The number of rotatable bonds is 9. The van der Waals surface area contributed by atoms with E-state index in [2.05, 4.69) is 39.2 Å². The fourth-order valence-electron chi connectivity index (χ4n) is 3.01. The van der Waals surface area contributed by atoms with Crippen LogP contribution in [0.25, 0.3) is 10.8 Å². The van der Waals surface area contributed by atoms with E-state index in [1.54, 1.807) is 6.08 Å². The molecule has 0 saturated heterocycles. The van der Waals surface area contributed by atoms with Crippen LogP contribution in [0.2, 0.25) is 0 Å². The maximum Gasteiger partial charge on any atom is 0.236 e.